The first kappa shape index (κ1) is 16.1. The maximum atomic E-state index is 6.23. The summed E-state index contributed by atoms with van der Waals surface area (Å²) in [6.07, 6.45) is 0. The van der Waals surface area contributed by atoms with E-state index >= 15 is 0 Å². The van der Waals surface area contributed by atoms with Crippen molar-refractivity contribution in [2.75, 3.05) is 26.6 Å². The van der Waals surface area contributed by atoms with Crippen molar-refractivity contribution in [2.24, 2.45) is 0 Å². The predicted octanol–water partition coefficient (Wildman–Crippen LogP) is 3.77. The van der Waals surface area contributed by atoms with E-state index in [0.29, 0.717) is 22.3 Å². The molecule has 0 unspecified atom stereocenters. The van der Waals surface area contributed by atoms with E-state index in [1.54, 1.807) is 20.3 Å². The van der Waals surface area contributed by atoms with Gasteiger partial charge in [-0.25, -0.2) is 9.97 Å². The van der Waals surface area contributed by atoms with Gasteiger partial charge in [-0.05, 0) is 41.6 Å². The second-order valence-corrected chi connectivity index (χ2v) is 5.72. The number of aromatic nitrogens is 2. The van der Waals surface area contributed by atoms with Crippen LogP contribution >= 0.6 is 34.2 Å². The largest absolute Gasteiger partial charge is 0.493 e. The van der Waals surface area contributed by atoms with Gasteiger partial charge in [0.1, 0.15) is 5.82 Å². The number of nitrogens with one attached hydrogen (secondary N) is 1. The third kappa shape index (κ3) is 3.16. The van der Waals surface area contributed by atoms with Gasteiger partial charge < -0.3 is 14.8 Å². The molecule has 2 aromatic rings. The molecule has 1 aromatic carbocycles. The van der Waals surface area contributed by atoms with Crippen LogP contribution in [-0.4, -0.2) is 31.2 Å². The van der Waals surface area contributed by atoms with E-state index < -0.39 is 0 Å². The minimum Gasteiger partial charge on any atom is -0.493 e. The molecule has 0 aliphatic carbocycles. The van der Waals surface area contributed by atoms with E-state index in [1.807, 2.05) is 20.0 Å². The van der Waals surface area contributed by atoms with E-state index in [0.717, 1.165) is 20.6 Å². The van der Waals surface area contributed by atoms with Gasteiger partial charge in [0.2, 0.25) is 0 Å². The van der Waals surface area contributed by atoms with Crippen LogP contribution < -0.4 is 14.8 Å². The van der Waals surface area contributed by atoms with Gasteiger partial charge in [-0.2, -0.15) is 0 Å². The van der Waals surface area contributed by atoms with Crippen molar-refractivity contribution in [2.45, 2.75) is 6.92 Å². The smallest absolute Gasteiger partial charge is 0.179 e. The number of hydrogen-bond donors (Lipinski definition) is 1. The fraction of sp³-hybridized carbons (Fsp3) is 0.286. The molecule has 0 amide bonds. The molecule has 0 atom stereocenters. The lowest BCUT2D eigenvalue weighted by atomic mass is 10.2. The molecule has 7 heteroatoms. The molecule has 21 heavy (non-hydrogen) atoms. The number of anilines is 1. The average Bonchev–Trinajstić information content (AvgIpc) is 2.48. The quantitative estimate of drug-likeness (QED) is 0.765. The Bertz CT molecular complexity index is 680. The SMILES string of the molecule is CNc1nc(-c2cc(Cl)c(OC)c(OC)c2)nc(C)c1I. The fourth-order valence-corrected chi connectivity index (χ4v) is 2.70. The number of benzene rings is 1. The minimum absolute atomic E-state index is 0.456. The summed E-state index contributed by atoms with van der Waals surface area (Å²) in [6.45, 7) is 1.94. The summed E-state index contributed by atoms with van der Waals surface area (Å²) < 4.78 is 11.5. The van der Waals surface area contributed by atoms with E-state index in [1.165, 1.54) is 0 Å². The van der Waals surface area contributed by atoms with Gasteiger partial charge in [0, 0.05) is 12.6 Å². The van der Waals surface area contributed by atoms with Gasteiger partial charge in [0.15, 0.2) is 17.3 Å². The summed E-state index contributed by atoms with van der Waals surface area (Å²) in [5, 5.41) is 3.52. The van der Waals surface area contributed by atoms with E-state index in [9.17, 15) is 0 Å². The molecule has 0 fully saturated rings. The second-order valence-electron chi connectivity index (χ2n) is 4.24. The van der Waals surface area contributed by atoms with Crippen LogP contribution in [-0.2, 0) is 0 Å². The highest BCUT2D eigenvalue weighted by Crippen LogP contribution is 2.38. The van der Waals surface area contributed by atoms with Crippen molar-refractivity contribution in [1.29, 1.82) is 0 Å². The Kier molecular flexibility index (Phi) is 5.10. The van der Waals surface area contributed by atoms with E-state index in [-0.39, 0.29) is 0 Å². The lowest BCUT2D eigenvalue weighted by Gasteiger charge is -2.13. The third-order valence-electron chi connectivity index (χ3n) is 2.95. The number of methoxy groups -OCH3 is 2. The number of aryl methyl sites for hydroxylation is 1. The van der Waals surface area contributed by atoms with Crippen molar-refractivity contribution in [3.05, 3.63) is 26.4 Å². The molecule has 0 spiro atoms. The zero-order chi connectivity index (χ0) is 15.6. The van der Waals surface area contributed by atoms with Crippen LogP contribution in [0.5, 0.6) is 11.5 Å². The lowest BCUT2D eigenvalue weighted by Crippen LogP contribution is -2.03. The van der Waals surface area contributed by atoms with Crippen molar-refractivity contribution in [1.82, 2.24) is 9.97 Å². The Hall–Kier alpha value is -1.28. The van der Waals surface area contributed by atoms with Crippen LogP contribution in [0.3, 0.4) is 0 Å². The summed E-state index contributed by atoms with van der Waals surface area (Å²) in [4.78, 5) is 9.02. The molecule has 0 radical (unpaired) electrons. The van der Waals surface area contributed by atoms with Crippen LogP contribution in [0.1, 0.15) is 5.69 Å². The van der Waals surface area contributed by atoms with Gasteiger partial charge in [0.05, 0.1) is 28.5 Å². The molecule has 0 aliphatic heterocycles. The number of halogens is 2. The van der Waals surface area contributed by atoms with E-state index in [2.05, 4.69) is 37.9 Å². The highest BCUT2D eigenvalue weighted by atomic mass is 127. The number of nitrogens with zero attached hydrogens (tertiary/aromatic N) is 2. The third-order valence-corrected chi connectivity index (χ3v) is 4.52. The van der Waals surface area contributed by atoms with Crippen molar-refractivity contribution < 1.29 is 9.47 Å². The zero-order valence-corrected chi connectivity index (χ0v) is 15.0. The highest BCUT2D eigenvalue weighted by Gasteiger charge is 2.15. The van der Waals surface area contributed by atoms with Crippen molar-refractivity contribution >= 4 is 40.0 Å². The molecule has 0 aliphatic rings. The van der Waals surface area contributed by atoms with Gasteiger partial charge in [-0.15, -0.1) is 0 Å². The molecule has 1 N–H and O–H groups in total. The molecule has 1 heterocycles. The molecular weight excluding hydrogens is 405 g/mol. The topological polar surface area (TPSA) is 56.3 Å². The molecule has 5 nitrogen and oxygen atoms in total. The van der Waals surface area contributed by atoms with Crippen molar-refractivity contribution in [3.8, 4) is 22.9 Å². The molecule has 0 saturated carbocycles. The zero-order valence-electron chi connectivity index (χ0n) is 12.1. The fourth-order valence-electron chi connectivity index (χ4n) is 1.90. The van der Waals surface area contributed by atoms with Crippen LogP contribution in [0.25, 0.3) is 11.4 Å². The maximum Gasteiger partial charge on any atom is 0.179 e. The Morgan fingerprint density at radius 2 is 1.90 bits per heavy atom. The van der Waals surface area contributed by atoms with Crippen LogP contribution in [0.2, 0.25) is 5.02 Å². The summed E-state index contributed by atoms with van der Waals surface area (Å²) in [5.41, 5.74) is 1.67. The maximum absolute atomic E-state index is 6.23. The van der Waals surface area contributed by atoms with Gasteiger partial charge in [-0.1, -0.05) is 11.6 Å². The van der Waals surface area contributed by atoms with Crippen molar-refractivity contribution in [3.63, 3.8) is 0 Å². The summed E-state index contributed by atoms with van der Waals surface area (Å²) in [7, 11) is 4.94. The second kappa shape index (κ2) is 6.65. The minimum atomic E-state index is 0.456. The summed E-state index contributed by atoms with van der Waals surface area (Å²) in [5.74, 6) is 2.41. The molecule has 1 aromatic heterocycles. The molecule has 2 rings (SSSR count). The van der Waals surface area contributed by atoms with Gasteiger partial charge >= 0.3 is 0 Å². The lowest BCUT2D eigenvalue weighted by molar-refractivity contribution is 0.355. The Balaban J connectivity index is 2.62. The van der Waals surface area contributed by atoms with Crippen LogP contribution in [0.15, 0.2) is 12.1 Å². The first-order valence-electron chi connectivity index (χ1n) is 6.15. The highest BCUT2D eigenvalue weighted by molar-refractivity contribution is 14.1. The first-order valence-corrected chi connectivity index (χ1v) is 7.61. The van der Waals surface area contributed by atoms with Gasteiger partial charge in [-0.3, -0.25) is 0 Å². The molecule has 0 saturated heterocycles. The first-order chi connectivity index (χ1) is 10.0. The number of rotatable bonds is 4. The molecule has 112 valence electrons. The van der Waals surface area contributed by atoms with E-state index in [4.69, 9.17) is 21.1 Å². The van der Waals surface area contributed by atoms with Crippen LogP contribution in [0, 0.1) is 10.5 Å². The number of ether oxygens (including phenoxy) is 2. The Morgan fingerprint density at radius 1 is 1.19 bits per heavy atom. The van der Waals surface area contributed by atoms with Crippen LogP contribution in [0.4, 0.5) is 5.82 Å². The standard InChI is InChI=1S/C14H15ClIN3O2/c1-7-11(16)14(17-2)19-13(18-7)8-5-9(15)12(21-4)10(6-8)20-3/h5-6H,1-4H3,(H,17,18,19). The molecule has 0 bridgehead atoms. The Labute approximate surface area is 142 Å². The Morgan fingerprint density at radius 3 is 2.48 bits per heavy atom. The average molecular weight is 420 g/mol. The van der Waals surface area contributed by atoms with Gasteiger partial charge in [0.25, 0.3) is 0 Å². The molecular formula is C14H15ClIN3O2. The summed E-state index contributed by atoms with van der Waals surface area (Å²) >= 11 is 8.45. The number of hydrogen-bond acceptors (Lipinski definition) is 5. The summed E-state index contributed by atoms with van der Waals surface area (Å²) in [6, 6.07) is 3.58. The normalized spacial score (nSPS) is 10.4. The monoisotopic (exact) mass is 419 g/mol. The predicted molar refractivity (Wildman–Crippen MR) is 92.6 cm³/mol.